The number of halogens is 1. The molecule has 1 fully saturated rings. The number of hydrogen-bond donors (Lipinski definition) is 1. The van der Waals surface area contributed by atoms with Crippen LogP contribution in [0.4, 0.5) is 4.39 Å². The number of furan rings is 1. The number of aryl methyl sites for hydroxylation is 2. The van der Waals surface area contributed by atoms with Gasteiger partial charge in [-0.1, -0.05) is 0 Å². The van der Waals surface area contributed by atoms with Gasteiger partial charge >= 0.3 is 0 Å². The van der Waals surface area contributed by atoms with Crippen molar-refractivity contribution in [3.8, 4) is 5.75 Å². The molecule has 2 aromatic heterocycles. The second-order valence-corrected chi connectivity index (χ2v) is 8.23. The van der Waals surface area contributed by atoms with Crippen LogP contribution in [0, 0.1) is 13.8 Å². The standard InChI is InChI=1S/C21H23FN2O4S/c1-13-18(29-12-24-13)10-27-15-3-4-17-16(9-15)19(14(2)28-17)20(25)23-11-21(22)5-7-26-8-6-21/h3-4,9,12H,5-8,10-11H2,1-2H3,(H,23,25). The molecule has 6 nitrogen and oxygen atoms in total. The number of nitrogens with one attached hydrogen (secondary N) is 1. The first-order chi connectivity index (χ1) is 14.0. The Labute approximate surface area is 172 Å². The summed E-state index contributed by atoms with van der Waals surface area (Å²) < 4.78 is 31.6. The molecule has 0 aliphatic carbocycles. The van der Waals surface area contributed by atoms with Gasteiger partial charge in [0.1, 0.15) is 29.4 Å². The van der Waals surface area contributed by atoms with Gasteiger partial charge in [-0.25, -0.2) is 9.37 Å². The van der Waals surface area contributed by atoms with Crippen molar-refractivity contribution in [2.24, 2.45) is 0 Å². The van der Waals surface area contributed by atoms with E-state index in [1.807, 2.05) is 13.0 Å². The van der Waals surface area contributed by atoms with Crippen molar-refractivity contribution in [1.82, 2.24) is 10.3 Å². The summed E-state index contributed by atoms with van der Waals surface area (Å²) in [7, 11) is 0. The number of nitrogens with zero attached hydrogens (tertiary/aromatic N) is 1. The van der Waals surface area contributed by atoms with Crippen LogP contribution in [0.1, 0.15) is 39.5 Å². The smallest absolute Gasteiger partial charge is 0.255 e. The normalized spacial score (nSPS) is 16.1. The number of amides is 1. The van der Waals surface area contributed by atoms with Crippen LogP contribution in [0.3, 0.4) is 0 Å². The fraction of sp³-hybridized carbons (Fsp3) is 0.429. The number of thiazole rings is 1. The van der Waals surface area contributed by atoms with Crippen molar-refractivity contribution in [3.63, 3.8) is 0 Å². The molecule has 0 atom stereocenters. The molecule has 3 heterocycles. The zero-order valence-corrected chi connectivity index (χ0v) is 17.2. The topological polar surface area (TPSA) is 73.6 Å². The third-order valence-electron chi connectivity index (χ3n) is 5.23. The van der Waals surface area contributed by atoms with Gasteiger partial charge in [-0.15, -0.1) is 11.3 Å². The molecule has 1 aliphatic heterocycles. The second-order valence-electron chi connectivity index (χ2n) is 7.29. The lowest BCUT2D eigenvalue weighted by molar-refractivity contribution is -0.00738. The summed E-state index contributed by atoms with van der Waals surface area (Å²) in [6.07, 6.45) is 0.570. The molecule has 4 rings (SSSR count). The molecule has 0 radical (unpaired) electrons. The van der Waals surface area contributed by atoms with E-state index < -0.39 is 5.67 Å². The average Bonchev–Trinajstić information content (AvgIpc) is 3.26. The zero-order valence-electron chi connectivity index (χ0n) is 16.4. The van der Waals surface area contributed by atoms with Gasteiger partial charge in [0, 0.05) is 31.4 Å². The molecule has 3 aromatic rings. The number of carbonyl (C=O) groups is 1. The highest BCUT2D eigenvalue weighted by molar-refractivity contribution is 7.09. The molecule has 1 amide bonds. The van der Waals surface area contributed by atoms with Crippen molar-refractivity contribution in [1.29, 1.82) is 0 Å². The Morgan fingerprint density at radius 2 is 2.14 bits per heavy atom. The first kappa shape index (κ1) is 19.8. The predicted octanol–water partition coefficient (Wildman–Crippen LogP) is 4.33. The summed E-state index contributed by atoms with van der Waals surface area (Å²) in [4.78, 5) is 18.1. The van der Waals surface area contributed by atoms with Gasteiger partial charge in [0.25, 0.3) is 5.91 Å². The number of ether oxygens (including phenoxy) is 2. The molecule has 29 heavy (non-hydrogen) atoms. The maximum Gasteiger partial charge on any atom is 0.255 e. The predicted molar refractivity (Wildman–Crippen MR) is 108 cm³/mol. The summed E-state index contributed by atoms with van der Waals surface area (Å²) in [5, 5.41) is 3.38. The second kappa shape index (κ2) is 8.12. The Hall–Kier alpha value is -2.45. The summed E-state index contributed by atoms with van der Waals surface area (Å²) in [6, 6.07) is 5.38. The van der Waals surface area contributed by atoms with Crippen LogP contribution in [0.5, 0.6) is 5.75 Å². The van der Waals surface area contributed by atoms with E-state index in [2.05, 4.69) is 10.3 Å². The highest BCUT2D eigenvalue weighted by Gasteiger charge is 2.33. The van der Waals surface area contributed by atoms with Gasteiger partial charge in [-0.3, -0.25) is 4.79 Å². The van der Waals surface area contributed by atoms with Gasteiger partial charge in [-0.05, 0) is 32.0 Å². The third kappa shape index (κ3) is 4.28. The first-order valence-electron chi connectivity index (χ1n) is 9.55. The quantitative estimate of drug-likeness (QED) is 0.645. The number of carbonyl (C=O) groups excluding carboxylic acids is 1. The highest BCUT2D eigenvalue weighted by atomic mass is 32.1. The lowest BCUT2D eigenvalue weighted by atomic mass is 9.96. The summed E-state index contributed by atoms with van der Waals surface area (Å²) in [5.74, 6) is 0.777. The van der Waals surface area contributed by atoms with E-state index in [0.29, 0.717) is 47.9 Å². The average molecular weight is 418 g/mol. The van der Waals surface area contributed by atoms with Crippen LogP contribution in [0.15, 0.2) is 28.1 Å². The van der Waals surface area contributed by atoms with Crippen LogP contribution in [0.25, 0.3) is 11.0 Å². The van der Waals surface area contributed by atoms with E-state index in [-0.39, 0.29) is 25.3 Å². The molecule has 8 heteroatoms. The molecule has 1 saturated heterocycles. The van der Waals surface area contributed by atoms with E-state index >= 15 is 0 Å². The van der Waals surface area contributed by atoms with Crippen molar-refractivity contribution < 1.29 is 23.1 Å². The van der Waals surface area contributed by atoms with Gasteiger partial charge < -0.3 is 19.2 Å². The molecule has 1 aliphatic rings. The Kier molecular flexibility index (Phi) is 5.56. The van der Waals surface area contributed by atoms with Gasteiger partial charge in [0.15, 0.2) is 0 Å². The molecule has 0 saturated carbocycles. The summed E-state index contributed by atoms with van der Waals surface area (Å²) >= 11 is 1.54. The monoisotopic (exact) mass is 418 g/mol. The number of aromatic nitrogens is 1. The fourth-order valence-electron chi connectivity index (χ4n) is 3.43. The van der Waals surface area contributed by atoms with Crippen LogP contribution >= 0.6 is 11.3 Å². The van der Waals surface area contributed by atoms with Crippen molar-refractivity contribution >= 4 is 28.2 Å². The highest BCUT2D eigenvalue weighted by Crippen LogP contribution is 2.30. The Morgan fingerprint density at radius 3 is 2.86 bits per heavy atom. The minimum atomic E-state index is -1.43. The van der Waals surface area contributed by atoms with E-state index in [9.17, 15) is 9.18 Å². The molecule has 0 spiro atoms. The molecule has 0 bridgehead atoms. The Morgan fingerprint density at radius 1 is 1.34 bits per heavy atom. The molecule has 154 valence electrons. The SMILES string of the molecule is Cc1ncsc1COc1ccc2oc(C)c(C(=O)NCC3(F)CCOCC3)c2c1. The lowest BCUT2D eigenvalue weighted by Gasteiger charge is -2.29. The molecular weight excluding hydrogens is 395 g/mol. The van der Waals surface area contributed by atoms with Crippen molar-refractivity contribution in [2.75, 3.05) is 19.8 Å². The van der Waals surface area contributed by atoms with Crippen LogP contribution in [-0.2, 0) is 11.3 Å². The maximum absolute atomic E-state index is 14.8. The molecule has 1 aromatic carbocycles. The molecule has 0 unspecified atom stereocenters. The van der Waals surface area contributed by atoms with Crippen LogP contribution in [0.2, 0.25) is 0 Å². The van der Waals surface area contributed by atoms with Gasteiger partial charge in [-0.2, -0.15) is 0 Å². The third-order valence-corrected chi connectivity index (χ3v) is 6.14. The maximum atomic E-state index is 14.8. The Balaban J connectivity index is 1.51. The Bertz CT molecular complexity index is 1020. The van der Waals surface area contributed by atoms with E-state index in [1.54, 1.807) is 35.9 Å². The largest absolute Gasteiger partial charge is 0.488 e. The molecule has 1 N–H and O–H groups in total. The number of fused-ring (bicyclic) bond motifs is 1. The van der Waals surface area contributed by atoms with E-state index in [4.69, 9.17) is 13.9 Å². The minimum Gasteiger partial charge on any atom is -0.488 e. The number of benzene rings is 1. The minimum absolute atomic E-state index is 0.0395. The van der Waals surface area contributed by atoms with Gasteiger partial charge in [0.05, 0.1) is 28.2 Å². The summed E-state index contributed by atoms with van der Waals surface area (Å²) in [6.45, 7) is 4.79. The van der Waals surface area contributed by atoms with Crippen molar-refractivity contribution in [3.05, 3.63) is 45.6 Å². The fourth-order valence-corrected chi connectivity index (χ4v) is 4.11. The summed E-state index contributed by atoms with van der Waals surface area (Å²) in [5.41, 5.74) is 2.31. The van der Waals surface area contributed by atoms with E-state index in [0.717, 1.165) is 10.6 Å². The van der Waals surface area contributed by atoms with Crippen LogP contribution < -0.4 is 10.1 Å². The van der Waals surface area contributed by atoms with E-state index in [1.165, 1.54) is 0 Å². The number of rotatable bonds is 6. The molecular formula is C21H23FN2O4S. The number of alkyl halides is 1. The zero-order chi connectivity index (χ0) is 20.4. The van der Waals surface area contributed by atoms with Crippen molar-refractivity contribution in [2.45, 2.75) is 39.0 Å². The first-order valence-corrected chi connectivity index (χ1v) is 10.4. The van der Waals surface area contributed by atoms with Gasteiger partial charge in [0.2, 0.25) is 0 Å². The lowest BCUT2D eigenvalue weighted by Crippen LogP contribution is -2.43. The van der Waals surface area contributed by atoms with Crippen LogP contribution in [-0.4, -0.2) is 36.3 Å². The number of hydrogen-bond acceptors (Lipinski definition) is 6.